The zero-order valence-electron chi connectivity index (χ0n) is 47.7. The predicted molar refractivity (Wildman–Crippen MR) is 314 cm³/mol. The van der Waals surface area contributed by atoms with Crippen LogP contribution in [0.3, 0.4) is 0 Å². The van der Waals surface area contributed by atoms with Gasteiger partial charge in [-0.2, -0.15) is 31.3 Å². The van der Waals surface area contributed by atoms with Gasteiger partial charge in [0, 0.05) is 76.4 Å². The Morgan fingerprint density at radius 3 is 1.43 bits per heavy atom. The Hall–Kier alpha value is -6.20. The van der Waals surface area contributed by atoms with Crippen molar-refractivity contribution >= 4 is 29.3 Å². The second kappa shape index (κ2) is 37.7. The molecule has 0 unspecified atom stereocenters. The summed E-state index contributed by atoms with van der Waals surface area (Å²) in [7, 11) is 0. The number of carbonyl (C=O) groups is 2. The number of alkyl halides is 6. The van der Waals surface area contributed by atoms with Gasteiger partial charge in [-0.15, -0.1) is 0 Å². The molecule has 2 amide bonds. The third kappa shape index (κ3) is 27.4. The first kappa shape index (κ1) is 67.3. The summed E-state index contributed by atoms with van der Waals surface area (Å²) in [5.74, 6) is 0.442. The number of unbranched alkanes of at least 4 members (excludes halogenated alkanes) is 3. The third-order valence-corrected chi connectivity index (χ3v) is 14.3. The van der Waals surface area contributed by atoms with Crippen LogP contribution in [0.2, 0.25) is 0 Å². The summed E-state index contributed by atoms with van der Waals surface area (Å²) in [5.41, 5.74) is 7.97. The molecule has 3 aliphatic heterocycles. The highest BCUT2D eigenvalue weighted by Gasteiger charge is 2.32. The van der Waals surface area contributed by atoms with Crippen molar-refractivity contribution in [1.82, 2.24) is 24.9 Å². The van der Waals surface area contributed by atoms with E-state index in [4.69, 9.17) is 5.73 Å². The molecule has 0 radical (unpaired) electrons. The Labute approximate surface area is 477 Å². The maximum atomic E-state index is 13.1. The number of isocyanates is 1. The number of anilines is 1. The Morgan fingerprint density at radius 2 is 1.01 bits per heavy atom. The maximum Gasteiger partial charge on any atom is 0.416 e. The number of rotatable bonds is 18. The molecule has 3 heterocycles. The van der Waals surface area contributed by atoms with E-state index in [-0.39, 0.29) is 17.8 Å². The molecule has 4 N–H and O–H groups in total. The van der Waals surface area contributed by atoms with Crippen LogP contribution in [-0.2, 0) is 41.6 Å². The molecule has 0 spiro atoms. The van der Waals surface area contributed by atoms with Crippen molar-refractivity contribution in [3.05, 3.63) is 167 Å². The van der Waals surface area contributed by atoms with Gasteiger partial charge in [-0.25, -0.2) is 9.59 Å². The minimum Gasteiger partial charge on any atom is -0.326 e. The zero-order chi connectivity index (χ0) is 58.7. The average molecular weight is 1130 g/mol. The van der Waals surface area contributed by atoms with Crippen molar-refractivity contribution in [2.24, 2.45) is 10.7 Å². The number of hydrogen-bond donors (Lipinski definition) is 3. The number of Topliss-reactive ketones (excluding diaryl/α,β-unsaturated/α-hetero) is 1. The highest BCUT2D eigenvalue weighted by molar-refractivity contribution is 5.89. The van der Waals surface area contributed by atoms with E-state index in [2.05, 4.69) is 81.4 Å². The van der Waals surface area contributed by atoms with Gasteiger partial charge in [0.15, 0.2) is 0 Å². The normalized spacial score (nSPS) is 15.4. The standard InChI is InChI=1S/C24H30F3N3O.C16H26N2.C9H17NO.C8H4F3NO.C7H9N/c1-2-3-15-29-16-13-22(14-17-29)30(18-19-7-5-4-6-8-19)23(31)28-21-11-9-20(10-12-21)24(25,26)27;1-2-3-11-18-12-9-16(10-13-18)17-14-15-7-5-4-6-8-15;1-2-3-6-10-7-4-9(11)5-8-10;9-8(10,11)6-1-3-7(4-2-6)12-5-13;8-6-7-4-2-1-3-5-7/h4-12,22H,2-3,13-18H2,1H3,(H,28,31);4-8,16-17H,2-3,9-14H2,1H3;2-8H2,1H3;1-4H;1-5H,6,8H2. The zero-order valence-corrected chi connectivity index (χ0v) is 47.7. The highest BCUT2D eigenvalue weighted by Crippen LogP contribution is 2.31. The first-order valence-corrected chi connectivity index (χ1v) is 28.8. The topological polar surface area (TPSA) is 127 Å². The van der Waals surface area contributed by atoms with Crippen LogP contribution >= 0.6 is 0 Å². The maximum absolute atomic E-state index is 13.1. The van der Waals surface area contributed by atoms with Crippen LogP contribution in [0.5, 0.6) is 0 Å². The molecular weight excluding hydrogens is 1040 g/mol. The lowest BCUT2D eigenvalue weighted by Gasteiger charge is -2.38. The van der Waals surface area contributed by atoms with Crippen molar-refractivity contribution in [3.8, 4) is 0 Å². The van der Waals surface area contributed by atoms with E-state index < -0.39 is 23.5 Å². The number of nitrogens with one attached hydrogen (secondary N) is 2. The van der Waals surface area contributed by atoms with E-state index >= 15 is 0 Å². The minimum atomic E-state index is -4.40. The van der Waals surface area contributed by atoms with Gasteiger partial charge in [0.2, 0.25) is 6.08 Å². The number of halogens is 6. The molecule has 17 heteroatoms. The highest BCUT2D eigenvalue weighted by atomic mass is 19.4. The largest absolute Gasteiger partial charge is 0.416 e. The smallest absolute Gasteiger partial charge is 0.326 e. The summed E-state index contributed by atoms with van der Waals surface area (Å²) in [6, 6.07) is 39.5. The van der Waals surface area contributed by atoms with Crippen LogP contribution in [0.25, 0.3) is 0 Å². The molecule has 5 aromatic rings. The fraction of sp³-hybridized carbons (Fsp3) is 0.484. The molecule has 0 bridgehead atoms. The van der Waals surface area contributed by atoms with E-state index in [1.54, 1.807) is 0 Å². The van der Waals surface area contributed by atoms with Crippen LogP contribution in [-0.4, -0.2) is 108 Å². The summed E-state index contributed by atoms with van der Waals surface area (Å²) < 4.78 is 74.4. The number of amides is 2. The minimum absolute atomic E-state index is 0.0903. The average Bonchev–Trinajstić information content (AvgIpc) is 3.48. The first-order valence-electron chi connectivity index (χ1n) is 28.8. The van der Waals surface area contributed by atoms with Crippen molar-refractivity contribution in [2.45, 2.75) is 142 Å². The van der Waals surface area contributed by atoms with E-state index in [9.17, 15) is 40.7 Å². The van der Waals surface area contributed by atoms with Gasteiger partial charge in [-0.05, 0) is 143 Å². The molecule has 3 fully saturated rings. The number of likely N-dealkylation sites (tertiary alicyclic amines) is 3. The molecule has 3 saturated heterocycles. The number of aliphatic imine (C=N–C) groups is 1. The van der Waals surface area contributed by atoms with Gasteiger partial charge < -0.3 is 36.0 Å². The Balaban J connectivity index is 0.000000238. The molecule has 81 heavy (non-hydrogen) atoms. The lowest BCUT2D eigenvalue weighted by molar-refractivity contribution is -0.138. The predicted octanol–water partition coefficient (Wildman–Crippen LogP) is 14.3. The van der Waals surface area contributed by atoms with Gasteiger partial charge in [0.25, 0.3) is 0 Å². The Morgan fingerprint density at radius 1 is 0.593 bits per heavy atom. The monoisotopic (exact) mass is 1130 g/mol. The van der Waals surface area contributed by atoms with Crippen molar-refractivity contribution in [2.75, 3.05) is 64.2 Å². The number of urea groups is 1. The SMILES string of the molecule is CCCCN1CCC(=O)CC1.CCCCN1CCC(N(Cc2ccccc2)C(=O)Nc2ccc(C(F)(F)F)cc2)CC1.CCCCN1CCC(NCc2ccccc2)CC1.NCc1ccccc1.O=C=Nc1ccc(C(F)(F)F)cc1. The van der Waals surface area contributed by atoms with Crippen molar-refractivity contribution < 1.29 is 40.7 Å². The number of hydrogen-bond acceptors (Lipinski definition) is 9. The summed E-state index contributed by atoms with van der Waals surface area (Å²) in [6.45, 7) is 18.8. The van der Waals surface area contributed by atoms with Gasteiger partial charge >= 0.3 is 18.4 Å². The van der Waals surface area contributed by atoms with E-state index in [0.29, 0.717) is 30.6 Å². The van der Waals surface area contributed by atoms with E-state index in [1.165, 1.54) is 100 Å². The van der Waals surface area contributed by atoms with Gasteiger partial charge in [0.1, 0.15) is 5.78 Å². The quantitative estimate of drug-likeness (QED) is 0.0450. The van der Waals surface area contributed by atoms with E-state index in [1.807, 2.05) is 65.6 Å². The van der Waals surface area contributed by atoms with Gasteiger partial charge in [-0.3, -0.25) is 4.79 Å². The molecule has 442 valence electrons. The van der Waals surface area contributed by atoms with Gasteiger partial charge in [0.05, 0.1) is 16.8 Å². The van der Waals surface area contributed by atoms with Crippen molar-refractivity contribution in [3.63, 3.8) is 0 Å². The number of piperidine rings is 3. The summed E-state index contributed by atoms with van der Waals surface area (Å²) in [6.07, 6.45) is 5.95. The number of ketones is 1. The van der Waals surface area contributed by atoms with Crippen molar-refractivity contribution in [1.29, 1.82) is 0 Å². The lowest BCUT2D eigenvalue weighted by atomic mass is 10.0. The molecule has 5 aromatic carbocycles. The fourth-order valence-electron chi connectivity index (χ4n) is 9.32. The molecule has 0 aromatic heterocycles. The second-order valence-electron chi connectivity index (χ2n) is 20.6. The summed E-state index contributed by atoms with van der Waals surface area (Å²) in [5, 5.41) is 6.48. The molecule has 3 aliphatic rings. The molecule has 11 nitrogen and oxygen atoms in total. The number of nitrogens with two attached hydrogens (primary N) is 1. The molecule has 8 rings (SSSR count). The number of nitrogens with zero attached hydrogens (tertiary/aromatic N) is 5. The Kier molecular flexibility index (Phi) is 31.4. The molecule has 0 aliphatic carbocycles. The Bertz CT molecular complexity index is 2490. The van der Waals surface area contributed by atoms with Crippen LogP contribution in [0.4, 0.5) is 42.5 Å². The van der Waals surface area contributed by atoms with Crippen LogP contribution in [0.1, 0.15) is 126 Å². The first-order chi connectivity index (χ1) is 39.0. The molecule has 0 atom stereocenters. The summed E-state index contributed by atoms with van der Waals surface area (Å²) >= 11 is 0. The van der Waals surface area contributed by atoms with E-state index in [0.717, 1.165) is 113 Å². The fourth-order valence-corrected chi connectivity index (χ4v) is 9.32. The summed E-state index contributed by atoms with van der Waals surface area (Å²) in [4.78, 5) is 46.2. The van der Waals surface area contributed by atoms with Crippen LogP contribution in [0, 0.1) is 0 Å². The number of benzene rings is 5. The molecular formula is C64H86F6N8O3. The number of carbonyl (C=O) groups excluding carboxylic acids is 3. The van der Waals surface area contributed by atoms with Crippen LogP contribution in [0.15, 0.2) is 145 Å². The van der Waals surface area contributed by atoms with Gasteiger partial charge in [-0.1, -0.05) is 131 Å². The molecule has 0 saturated carbocycles. The lowest BCUT2D eigenvalue weighted by Crippen LogP contribution is -2.48. The second-order valence-corrected chi connectivity index (χ2v) is 20.6. The van der Waals surface area contributed by atoms with Crippen LogP contribution < -0.4 is 16.4 Å². The third-order valence-electron chi connectivity index (χ3n) is 14.3.